The van der Waals surface area contributed by atoms with Crippen molar-refractivity contribution < 1.29 is 9.59 Å². The molecule has 1 aliphatic heterocycles. The van der Waals surface area contributed by atoms with E-state index in [1.165, 1.54) is 0 Å². The van der Waals surface area contributed by atoms with E-state index in [0.29, 0.717) is 50.9 Å². The number of Topliss-reactive ketones (excluding diaryl/α,β-unsaturated/α-hetero) is 1. The molecule has 1 aliphatic rings. The highest BCUT2D eigenvalue weighted by molar-refractivity contribution is 6.02. The minimum absolute atomic E-state index is 0.166. The average molecular weight is 618 g/mol. The van der Waals surface area contributed by atoms with Crippen molar-refractivity contribution in [2.75, 3.05) is 49.3 Å². The Morgan fingerprint density at radius 1 is 1.07 bits per heavy atom. The molecule has 2 aromatic carbocycles. The van der Waals surface area contributed by atoms with Gasteiger partial charge in [0.1, 0.15) is 5.78 Å². The standard InChI is InChI=1S/C35H39N9O2/c1-23(2)30-22-38-44-33(30)40-35(43-18-14-27(45)15-19-43)41-34(44)37-21-25-8-5-6-9-28(25)32-29-12-11-26(20-24(29)13-16-36-32)39-31(46)10-7-17-42(3)4/h5-13,16,20,22-23H,14-15,17-19,21H2,1-4H3,(H,39,46)(H,37,40,41)/b10-7+. The Bertz CT molecular complexity index is 1920. The maximum atomic E-state index is 12.4. The molecule has 0 atom stereocenters. The molecule has 1 fully saturated rings. The van der Waals surface area contributed by atoms with Crippen LogP contribution in [0.3, 0.4) is 0 Å². The van der Waals surface area contributed by atoms with E-state index < -0.39 is 0 Å². The number of fused-ring (bicyclic) bond motifs is 2. The van der Waals surface area contributed by atoms with Crippen LogP contribution in [0.2, 0.25) is 0 Å². The fourth-order valence-electron chi connectivity index (χ4n) is 5.61. The molecule has 0 saturated carbocycles. The van der Waals surface area contributed by atoms with Gasteiger partial charge in [-0.25, -0.2) is 0 Å². The minimum Gasteiger partial charge on any atom is -0.350 e. The summed E-state index contributed by atoms with van der Waals surface area (Å²) in [6, 6.07) is 16.0. The smallest absolute Gasteiger partial charge is 0.248 e. The van der Waals surface area contributed by atoms with E-state index in [-0.39, 0.29) is 17.6 Å². The zero-order valence-electron chi connectivity index (χ0n) is 26.7. The summed E-state index contributed by atoms with van der Waals surface area (Å²) in [7, 11) is 3.91. The van der Waals surface area contributed by atoms with E-state index in [0.717, 1.165) is 44.5 Å². The van der Waals surface area contributed by atoms with Crippen molar-refractivity contribution in [3.05, 3.63) is 84.2 Å². The van der Waals surface area contributed by atoms with Crippen LogP contribution in [0.5, 0.6) is 0 Å². The molecule has 5 aromatic rings. The third-order valence-corrected chi connectivity index (χ3v) is 8.09. The fourth-order valence-corrected chi connectivity index (χ4v) is 5.61. The molecule has 0 bridgehead atoms. The number of aromatic nitrogens is 5. The zero-order chi connectivity index (χ0) is 32.2. The number of anilines is 3. The number of carbonyl (C=O) groups is 2. The molecular weight excluding hydrogens is 578 g/mol. The Morgan fingerprint density at radius 2 is 1.87 bits per heavy atom. The summed E-state index contributed by atoms with van der Waals surface area (Å²) in [5.74, 6) is 1.53. The number of pyridine rings is 1. The molecule has 1 amide bonds. The number of rotatable bonds is 10. The van der Waals surface area contributed by atoms with Gasteiger partial charge in [-0.15, -0.1) is 0 Å². The summed E-state index contributed by atoms with van der Waals surface area (Å²) < 4.78 is 1.76. The van der Waals surface area contributed by atoms with Crippen molar-refractivity contribution in [1.29, 1.82) is 0 Å². The second kappa shape index (κ2) is 13.5. The topological polar surface area (TPSA) is 121 Å². The van der Waals surface area contributed by atoms with Gasteiger partial charge in [0.25, 0.3) is 0 Å². The lowest BCUT2D eigenvalue weighted by Gasteiger charge is -2.26. The molecule has 0 spiro atoms. The van der Waals surface area contributed by atoms with Gasteiger partial charge in [0.05, 0.1) is 11.9 Å². The number of likely N-dealkylation sites (N-methyl/N-ethyl adjacent to an activating group) is 1. The van der Waals surface area contributed by atoms with E-state index in [2.05, 4.69) is 46.6 Å². The number of carbonyl (C=O) groups excluding carboxylic acids is 2. The van der Waals surface area contributed by atoms with Gasteiger partial charge in [-0.1, -0.05) is 50.3 Å². The Balaban J connectivity index is 1.28. The van der Waals surface area contributed by atoms with Gasteiger partial charge >= 0.3 is 0 Å². The maximum Gasteiger partial charge on any atom is 0.248 e. The summed E-state index contributed by atoms with van der Waals surface area (Å²) in [4.78, 5) is 43.0. The van der Waals surface area contributed by atoms with E-state index in [4.69, 9.17) is 15.0 Å². The SMILES string of the molecule is CC(C)c1cnn2c(NCc3ccccc3-c3nccc4cc(NC(=O)/C=C/CN(C)C)ccc34)nc(N3CCC(=O)CC3)nc12. The number of ketones is 1. The van der Waals surface area contributed by atoms with Crippen LogP contribution in [0.1, 0.15) is 43.7 Å². The van der Waals surface area contributed by atoms with Gasteiger partial charge in [-0.2, -0.15) is 19.6 Å². The summed E-state index contributed by atoms with van der Waals surface area (Å²) >= 11 is 0. The zero-order valence-corrected chi connectivity index (χ0v) is 26.7. The molecule has 11 heteroatoms. The predicted molar refractivity (Wildman–Crippen MR) is 182 cm³/mol. The van der Waals surface area contributed by atoms with E-state index in [9.17, 15) is 9.59 Å². The second-order valence-electron chi connectivity index (χ2n) is 12.1. The molecule has 3 aromatic heterocycles. The van der Waals surface area contributed by atoms with Crippen LogP contribution in [-0.2, 0) is 16.1 Å². The van der Waals surface area contributed by atoms with E-state index in [1.54, 1.807) is 16.8 Å². The number of hydrogen-bond acceptors (Lipinski definition) is 9. The van der Waals surface area contributed by atoms with Crippen LogP contribution in [-0.4, -0.2) is 74.9 Å². The first-order valence-electron chi connectivity index (χ1n) is 15.6. The summed E-state index contributed by atoms with van der Waals surface area (Å²) in [5, 5.41) is 13.1. The van der Waals surface area contributed by atoms with E-state index >= 15 is 0 Å². The van der Waals surface area contributed by atoms with E-state index in [1.807, 2.05) is 67.7 Å². The molecule has 6 rings (SSSR count). The third-order valence-electron chi connectivity index (χ3n) is 8.09. The number of nitrogens with zero attached hydrogens (tertiary/aromatic N) is 7. The predicted octanol–water partition coefficient (Wildman–Crippen LogP) is 5.30. The van der Waals surface area contributed by atoms with Crippen molar-refractivity contribution in [3.63, 3.8) is 0 Å². The minimum atomic E-state index is -0.166. The molecule has 4 heterocycles. The lowest BCUT2D eigenvalue weighted by molar-refractivity contribution is -0.119. The molecule has 0 radical (unpaired) electrons. The Morgan fingerprint density at radius 3 is 2.65 bits per heavy atom. The first-order chi connectivity index (χ1) is 22.3. The largest absolute Gasteiger partial charge is 0.350 e. The maximum absolute atomic E-state index is 12.4. The lowest BCUT2D eigenvalue weighted by Crippen LogP contribution is -2.35. The number of piperidine rings is 1. The Hall–Kier alpha value is -5.16. The first kappa shape index (κ1) is 30.8. The number of nitrogens with one attached hydrogen (secondary N) is 2. The van der Waals surface area contributed by atoms with Crippen LogP contribution >= 0.6 is 0 Å². The fraction of sp³-hybridized carbons (Fsp3) is 0.314. The highest BCUT2D eigenvalue weighted by Crippen LogP contribution is 2.31. The average Bonchev–Trinajstić information content (AvgIpc) is 3.48. The van der Waals surface area contributed by atoms with Crippen molar-refractivity contribution >= 4 is 45.7 Å². The Kier molecular flexibility index (Phi) is 9.02. The molecule has 11 nitrogen and oxygen atoms in total. The monoisotopic (exact) mass is 617 g/mol. The second-order valence-corrected chi connectivity index (χ2v) is 12.1. The lowest BCUT2D eigenvalue weighted by atomic mass is 9.99. The number of amides is 1. The Labute approximate surface area is 268 Å². The molecular formula is C35H39N9O2. The molecule has 2 N–H and O–H groups in total. The van der Waals surface area contributed by atoms with Gasteiger partial charge in [-0.3, -0.25) is 14.6 Å². The highest BCUT2D eigenvalue weighted by Gasteiger charge is 2.22. The highest BCUT2D eigenvalue weighted by atomic mass is 16.1. The summed E-state index contributed by atoms with van der Waals surface area (Å²) in [6.07, 6.45) is 8.04. The molecule has 0 unspecified atom stereocenters. The molecule has 0 aliphatic carbocycles. The molecule has 1 saturated heterocycles. The van der Waals surface area contributed by atoms with Crippen LogP contribution in [0.25, 0.3) is 27.7 Å². The van der Waals surface area contributed by atoms with Gasteiger partial charge in [-0.05, 0) is 49.2 Å². The van der Waals surface area contributed by atoms with Gasteiger partial charge < -0.3 is 20.4 Å². The molecule has 46 heavy (non-hydrogen) atoms. The first-order valence-corrected chi connectivity index (χ1v) is 15.6. The number of benzene rings is 2. The van der Waals surface area contributed by atoms with Crippen LogP contribution in [0, 0.1) is 0 Å². The van der Waals surface area contributed by atoms with Gasteiger partial charge in [0, 0.05) is 73.5 Å². The normalized spacial score (nSPS) is 13.9. The van der Waals surface area contributed by atoms with Crippen molar-refractivity contribution in [1.82, 2.24) is 29.5 Å². The molecule has 236 valence electrons. The summed E-state index contributed by atoms with van der Waals surface area (Å²) in [5.41, 5.74) is 5.42. The van der Waals surface area contributed by atoms with Crippen molar-refractivity contribution in [2.24, 2.45) is 0 Å². The van der Waals surface area contributed by atoms with Gasteiger partial charge in [0.2, 0.25) is 17.8 Å². The van der Waals surface area contributed by atoms with Crippen LogP contribution in [0.15, 0.2) is 73.1 Å². The van der Waals surface area contributed by atoms with Gasteiger partial charge in [0.15, 0.2) is 5.65 Å². The number of hydrogen-bond donors (Lipinski definition) is 2. The third kappa shape index (κ3) is 6.74. The van der Waals surface area contributed by atoms with Crippen LogP contribution in [0.4, 0.5) is 17.6 Å². The van der Waals surface area contributed by atoms with Crippen LogP contribution < -0.4 is 15.5 Å². The quantitative estimate of drug-likeness (QED) is 0.201. The summed E-state index contributed by atoms with van der Waals surface area (Å²) in [6.45, 7) is 6.63. The van der Waals surface area contributed by atoms with Crippen molar-refractivity contribution in [2.45, 2.75) is 39.2 Å². The van der Waals surface area contributed by atoms with Crippen molar-refractivity contribution in [3.8, 4) is 11.3 Å².